The highest BCUT2D eigenvalue weighted by molar-refractivity contribution is 5.77. The van der Waals surface area contributed by atoms with Gasteiger partial charge in [-0.25, -0.2) is 0 Å². The molecule has 59 heavy (non-hydrogen) atoms. The van der Waals surface area contributed by atoms with Crippen LogP contribution in [0.4, 0.5) is 0 Å². The Morgan fingerprint density at radius 2 is 0.898 bits per heavy atom. The summed E-state index contributed by atoms with van der Waals surface area (Å²) in [4.78, 5) is 26.1. The van der Waals surface area contributed by atoms with Crippen LogP contribution >= 0.6 is 0 Å². The highest BCUT2D eigenvalue weighted by atomic mass is 16.5. The zero-order valence-electron chi connectivity index (χ0n) is 38.9. The molecule has 0 aromatic rings. The summed E-state index contributed by atoms with van der Waals surface area (Å²) in [6.07, 6.45) is 57.1. The summed E-state index contributed by atoms with van der Waals surface area (Å²) in [5, 5.41) is 23.7. The van der Waals surface area contributed by atoms with E-state index in [1.807, 2.05) is 0 Å². The average Bonchev–Trinajstić information content (AvgIpc) is 3.23. The lowest BCUT2D eigenvalue weighted by atomic mass is 10.0. The van der Waals surface area contributed by atoms with Gasteiger partial charge in [-0.3, -0.25) is 9.59 Å². The fourth-order valence-electron chi connectivity index (χ4n) is 7.35. The quantitative estimate of drug-likeness (QED) is 0.0323. The molecule has 342 valence electrons. The van der Waals surface area contributed by atoms with E-state index in [2.05, 4.69) is 86.8 Å². The highest BCUT2D eigenvalue weighted by Gasteiger charge is 2.24. The lowest BCUT2D eigenvalue weighted by Gasteiger charge is -2.24. The molecule has 6 nitrogen and oxygen atoms in total. The van der Waals surface area contributed by atoms with Crippen LogP contribution in [0.3, 0.4) is 0 Å². The van der Waals surface area contributed by atoms with Gasteiger partial charge in [-0.2, -0.15) is 0 Å². The number of hydrogen-bond donors (Lipinski definition) is 3. The van der Waals surface area contributed by atoms with Crippen molar-refractivity contribution in [1.82, 2.24) is 5.32 Å². The van der Waals surface area contributed by atoms with Gasteiger partial charge in [-0.15, -0.1) is 0 Å². The lowest BCUT2D eigenvalue weighted by Crippen LogP contribution is -2.46. The summed E-state index contributed by atoms with van der Waals surface area (Å²) in [7, 11) is 0. The summed E-state index contributed by atoms with van der Waals surface area (Å²) >= 11 is 0. The summed E-state index contributed by atoms with van der Waals surface area (Å²) in [6, 6.07) is -0.711. The number of carbonyl (C=O) groups excluding carboxylic acids is 2. The second-order valence-corrected chi connectivity index (χ2v) is 16.8. The molecule has 3 unspecified atom stereocenters. The van der Waals surface area contributed by atoms with Gasteiger partial charge in [0.05, 0.1) is 25.2 Å². The number of nitrogens with one attached hydrogen (secondary N) is 1. The predicted molar refractivity (Wildman–Crippen MR) is 255 cm³/mol. The average molecular weight is 826 g/mol. The molecule has 0 aliphatic carbocycles. The van der Waals surface area contributed by atoms with E-state index in [-0.39, 0.29) is 24.9 Å². The Balaban J connectivity index is 4.63. The first-order chi connectivity index (χ1) is 29.0. The van der Waals surface area contributed by atoms with E-state index in [1.165, 1.54) is 109 Å². The Bertz CT molecular complexity index is 1060. The maximum Gasteiger partial charge on any atom is 0.306 e. The number of ether oxygens (including phenoxy) is 1. The highest BCUT2D eigenvalue weighted by Crippen LogP contribution is 2.17. The number of hydrogen-bond acceptors (Lipinski definition) is 5. The fourth-order valence-corrected chi connectivity index (χ4v) is 7.35. The van der Waals surface area contributed by atoms with Crippen LogP contribution in [-0.2, 0) is 14.3 Å². The Labute approximate surface area is 365 Å². The molecule has 0 radical (unpaired) electrons. The summed E-state index contributed by atoms with van der Waals surface area (Å²) in [5.41, 5.74) is 0. The molecule has 3 N–H and O–H groups in total. The maximum atomic E-state index is 13.2. The van der Waals surface area contributed by atoms with Crippen molar-refractivity contribution in [2.24, 2.45) is 0 Å². The van der Waals surface area contributed by atoms with Crippen molar-refractivity contribution in [1.29, 1.82) is 0 Å². The maximum absolute atomic E-state index is 13.2. The zero-order chi connectivity index (χ0) is 43.1. The minimum Gasteiger partial charge on any atom is -0.462 e. The summed E-state index contributed by atoms with van der Waals surface area (Å²) in [5.74, 6) is -0.540. The minimum atomic E-state index is -0.796. The van der Waals surface area contributed by atoms with E-state index in [4.69, 9.17) is 4.74 Å². The molecule has 0 aliphatic rings. The lowest BCUT2D eigenvalue weighted by molar-refractivity contribution is -0.151. The van der Waals surface area contributed by atoms with Crippen molar-refractivity contribution in [2.75, 3.05) is 6.61 Å². The first-order valence-corrected chi connectivity index (χ1v) is 25.0. The topological polar surface area (TPSA) is 95.9 Å². The van der Waals surface area contributed by atoms with Crippen molar-refractivity contribution in [3.05, 3.63) is 60.8 Å². The van der Waals surface area contributed by atoms with Crippen molar-refractivity contribution >= 4 is 11.9 Å². The van der Waals surface area contributed by atoms with Crippen LogP contribution in [0.2, 0.25) is 0 Å². The Morgan fingerprint density at radius 3 is 1.32 bits per heavy atom. The zero-order valence-corrected chi connectivity index (χ0v) is 38.9. The molecule has 0 spiro atoms. The SMILES string of the molecule is CC/C=C\C/C=C\C/C=C\C/C=C\C/C=C\CCCC(=O)OC(CCCCCCCCCCCCC)CC(=O)NC(CO)C(O)CCCCCCCCCCCCCC. The van der Waals surface area contributed by atoms with Gasteiger partial charge < -0.3 is 20.3 Å². The van der Waals surface area contributed by atoms with Crippen LogP contribution in [0.5, 0.6) is 0 Å². The molecule has 0 aromatic heterocycles. The van der Waals surface area contributed by atoms with Gasteiger partial charge in [-0.1, -0.05) is 223 Å². The normalized spacial score (nSPS) is 13.8. The van der Waals surface area contributed by atoms with Crippen molar-refractivity contribution in [3.63, 3.8) is 0 Å². The smallest absolute Gasteiger partial charge is 0.306 e. The first kappa shape index (κ1) is 56.6. The van der Waals surface area contributed by atoms with E-state index in [0.717, 1.165) is 77.0 Å². The molecule has 0 heterocycles. The molecule has 6 heteroatoms. The molecule has 0 bridgehead atoms. The number of esters is 1. The summed E-state index contributed by atoms with van der Waals surface area (Å²) < 4.78 is 5.89. The van der Waals surface area contributed by atoms with Crippen LogP contribution in [-0.4, -0.2) is 46.9 Å². The van der Waals surface area contributed by atoms with Gasteiger partial charge in [0.25, 0.3) is 0 Å². The van der Waals surface area contributed by atoms with Gasteiger partial charge in [0, 0.05) is 6.42 Å². The van der Waals surface area contributed by atoms with Crippen molar-refractivity contribution in [3.8, 4) is 0 Å². The third-order valence-electron chi connectivity index (χ3n) is 11.1. The van der Waals surface area contributed by atoms with Crippen molar-refractivity contribution < 1.29 is 24.5 Å². The largest absolute Gasteiger partial charge is 0.462 e. The minimum absolute atomic E-state index is 0.0556. The Kier molecular flexibility index (Phi) is 44.7. The number of rotatable bonds is 44. The van der Waals surface area contributed by atoms with E-state index in [0.29, 0.717) is 25.7 Å². The number of amides is 1. The van der Waals surface area contributed by atoms with Gasteiger partial charge in [0.1, 0.15) is 6.10 Å². The standard InChI is InChI=1S/C53H95NO5/c1-4-7-10-13-16-19-22-24-25-26-27-28-31-34-37-40-43-46-53(58)59-49(44-41-38-35-32-29-21-18-15-12-9-6-3)47-52(57)54-50(48-55)51(56)45-42-39-36-33-30-23-20-17-14-11-8-5-2/h7,10,16,19,24-25,27-28,34,37,49-51,55-56H,4-6,8-9,11-15,17-18,20-23,26,29-33,35-36,38-48H2,1-3H3,(H,54,57)/b10-7-,19-16-,25-24-,28-27-,37-34-. The third kappa shape index (κ3) is 42.1. The van der Waals surface area contributed by atoms with Gasteiger partial charge >= 0.3 is 5.97 Å². The second kappa shape index (κ2) is 46.6. The Morgan fingerprint density at radius 1 is 0.508 bits per heavy atom. The molecular formula is C53H95NO5. The second-order valence-electron chi connectivity index (χ2n) is 16.8. The van der Waals surface area contributed by atoms with Crippen LogP contribution in [0, 0.1) is 0 Å². The van der Waals surface area contributed by atoms with E-state index in [9.17, 15) is 19.8 Å². The molecule has 0 saturated heterocycles. The molecule has 0 aromatic carbocycles. The van der Waals surface area contributed by atoms with Crippen LogP contribution in [0.25, 0.3) is 0 Å². The third-order valence-corrected chi connectivity index (χ3v) is 11.1. The molecule has 0 saturated carbocycles. The first-order valence-electron chi connectivity index (χ1n) is 25.0. The molecule has 0 fully saturated rings. The van der Waals surface area contributed by atoms with Gasteiger partial charge in [0.2, 0.25) is 5.91 Å². The Hall–Kier alpha value is -2.44. The number of aliphatic hydroxyl groups excluding tert-OH is 2. The van der Waals surface area contributed by atoms with E-state index >= 15 is 0 Å². The van der Waals surface area contributed by atoms with E-state index in [1.54, 1.807) is 0 Å². The molecule has 0 rings (SSSR count). The molecular weight excluding hydrogens is 731 g/mol. The van der Waals surface area contributed by atoms with Gasteiger partial charge in [-0.05, 0) is 64.2 Å². The van der Waals surface area contributed by atoms with Crippen LogP contribution in [0.15, 0.2) is 60.8 Å². The number of carbonyl (C=O) groups is 2. The molecule has 3 atom stereocenters. The molecule has 0 aliphatic heterocycles. The van der Waals surface area contributed by atoms with Crippen molar-refractivity contribution in [2.45, 2.75) is 257 Å². The van der Waals surface area contributed by atoms with Gasteiger partial charge in [0.15, 0.2) is 0 Å². The fraction of sp³-hybridized carbons (Fsp3) is 0.774. The van der Waals surface area contributed by atoms with Crippen LogP contribution in [0.1, 0.15) is 239 Å². The van der Waals surface area contributed by atoms with E-state index < -0.39 is 18.2 Å². The number of allylic oxidation sites excluding steroid dienone is 10. The molecule has 1 amide bonds. The number of aliphatic hydroxyl groups is 2. The monoisotopic (exact) mass is 826 g/mol. The number of unbranched alkanes of at least 4 members (excludes halogenated alkanes) is 22. The van der Waals surface area contributed by atoms with Crippen LogP contribution < -0.4 is 5.32 Å². The predicted octanol–water partition coefficient (Wildman–Crippen LogP) is 14.8. The summed E-state index contributed by atoms with van der Waals surface area (Å²) in [6.45, 7) is 6.35.